The van der Waals surface area contributed by atoms with Crippen molar-refractivity contribution in [3.63, 3.8) is 0 Å². The summed E-state index contributed by atoms with van der Waals surface area (Å²) in [6.07, 6.45) is 5.93. The highest BCUT2D eigenvalue weighted by molar-refractivity contribution is 6.10. The molecule has 0 aliphatic rings. The highest BCUT2D eigenvalue weighted by Crippen LogP contribution is 2.25. The molecule has 2 aromatic carbocycles. The van der Waals surface area contributed by atoms with Gasteiger partial charge >= 0.3 is 0 Å². The van der Waals surface area contributed by atoms with E-state index >= 15 is 0 Å². The Kier molecular flexibility index (Phi) is 6.67. The number of phenols is 2. The van der Waals surface area contributed by atoms with Crippen LogP contribution in [0.1, 0.15) is 54.9 Å². The maximum Gasteiger partial charge on any atom is 0.196 e. The van der Waals surface area contributed by atoms with Crippen LogP contribution in [0.25, 0.3) is 0 Å². The van der Waals surface area contributed by atoms with Crippen LogP contribution in [-0.4, -0.2) is 22.6 Å². The summed E-state index contributed by atoms with van der Waals surface area (Å²) in [4.78, 5) is 12.4. The minimum atomic E-state index is -0.293. The number of carbonyl (C=O) groups excluding carboxylic acids is 1. The lowest BCUT2D eigenvalue weighted by atomic mass is 10.0. The van der Waals surface area contributed by atoms with Crippen molar-refractivity contribution in [1.82, 2.24) is 0 Å². The largest absolute Gasteiger partial charge is 0.508 e. The first kappa shape index (κ1) is 17.9. The van der Waals surface area contributed by atoms with Crippen LogP contribution in [0.5, 0.6) is 17.2 Å². The fourth-order valence-electron chi connectivity index (χ4n) is 2.47. The predicted octanol–water partition coefficient (Wildman–Crippen LogP) is 4.68. The molecule has 2 aromatic rings. The molecule has 2 rings (SSSR count). The highest BCUT2D eigenvalue weighted by atomic mass is 16.5. The second-order valence-corrected chi connectivity index (χ2v) is 5.82. The summed E-state index contributed by atoms with van der Waals surface area (Å²) in [5, 5.41) is 19.1. The smallest absolute Gasteiger partial charge is 0.196 e. The molecule has 128 valence electrons. The Morgan fingerprint density at radius 1 is 0.958 bits per heavy atom. The zero-order valence-electron chi connectivity index (χ0n) is 14.0. The molecule has 0 amide bonds. The Hall–Kier alpha value is -2.49. The molecule has 0 saturated heterocycles. The number of aromatic hydroxyl groups is 2. The molecule has 0 saturated carbocycles. The third-order valence-electron chi connectivity index (χ3n) is 3.86. The van der Waals surface area contributed by atoms with Crippen molar-refractivity contribution < 1.29 is 19.7 Å². The topological polar surface area (TPSA) is 66.8 Å². The van der Waals surface area contributed by atoms with Crippen molar-refractivity contribution in [2.75, 3.05) is 6.61 Å². The van der Waals surface area contributed by atoms with Crippen LogP contribution in [0.15, 0.2) is 42.5 Å². The number of rotatable bonds is 9. The average molecular weight is 328 g/mol. The molecule has 2 N–H and O–H groups in total. The average Bonchev–Trinajstić information content (AvgIpc) is 2.58. The fraction of sp³-hybridized carbons (Fsp3) is 0.350. The summed E-state index contributed by atoms with van der Waals surface area (Å²) < 4.78 is 5.67. The molecule has 24 heavy (non-hydrogen) atoms. The number of phenolic OH excluding ortho intramolecular Hbond substituents is 2. The number of hydrogen-bond acceptors (Lipinski definition) is 4. The molecule has 0 aliphatic carbocycles. The quantitative estimate of drug-likeness (QED) is 0.518. The van der Waals surface area contributed by atoms with E-state index in [9.17, 15) is 15.0 Å². The number of unbranched alkanes of at least 4 members (excludes halogenated alkanes) is 4. The van der Waals surface area contributed by atoms with Gasteiger partial charge in [0.05, 0.1) is 12.2 Å². The van der Waals surface area contributed by atoms with Gasteiger partial charge in [0.2, 0.25) is 0 Å². The van der Waals surface area contributed by atoms with Crippen LogP contribution < -0.4 is 4.74 Å². The summed E-state index contributed by atoms with van der Waals surface area (Å²) in [5.41, 5.74) is 0.628. The first-order valence-electron chi connectivity index (χ1n) is 8.41. The van der Waals surface area contributed by atoms with Gasteiger partial charge in [-0.1, -0.05) is 32.6 Å². The number of ketones is 1. The molecule has 0 atom stereocenters. The standard InChI is InChI=1S/C20H24O4/c1-2-3-4-5-6-13-24-17-10-7-15(8-11-17)20(23)18-12-9-16(21)14-19(18)22/h7-12,14,21-22H,2-6,13H2,1H3. The van der Waals surface area contributed by atoms with E-state index in [1.54, 1.807) is 24.3 Å². The lowest BCUT2D eigenvalue weighted by Gasteiger charge is -2.08. The molecule has 0 fully saturated rings. The fourth-order valence-corrected chi connectivity index (χ4v) is 2.47. The van der Waals surface area contributed by atoms with Crippen LogP contribution in [0.3, 0.4) is 0 Å². The summed E-state index contributed by atoms with van der Waals surface area (Å²) >= 11 is 0. The van der Waals surface area contributed by atoms with Gasteiger partial charge in [0.15, 0.2) is 5.78 Å². The van der Waals surface area contributed by atoms with Gasteiger partial charge in [-0.3, -0.25) is 4.79 Å². The van der Waals surface area contributed by atoms with E-state index in [1.165, 1.54) is 37.8 Å². The zero-order valence-corrected chi connectivity index (χ0v) is 14.0. The number of hydrogen-bond donors (Lipinski definition) is 2. The zero-order chi connectivity index (χ0) is 17.4. The van der Waals surface area contributed by atoms with Crippen molar-refractivity contribution in [1.29, 1.82) is 0 Å². The monoisotopic (exact) mass is 328 g/mol. The molecule has 0 heterocycles. The van der Waals surface area contributed by atoms with Crippen molar-refractivity contribution in [3.8, 4) is 17.2 Å². The van der Waals surface area contributed by atoms with E-state index in [-0.39, 0.29) is 22.8 Å². The first-order chi connectivity index (χ1) is 11.6. The first-order valence-corrected chi connectivity index (χ1v) is 8.41. The second kappa shape index (κ2) is 8.96. The third kappa shape index (κ3) is 5.01. The minimum absolute atomic E-state index is 0.0771. The van der Waals surface area contributed by atoms with E-state index in [0.29, 0.717) is 12.2 Å². The van der Waals surface area contributed by atoms with Crippen molar-refractivity contribution >= 4 is 5.78 Å². The Bertz CT molecular complexity index is 662. The number of carbonyl (C=O) groups is 1. The van der Waals surface area contributed by atoms with Gasteiger partial charge in [0.25, 0.3) is 0 Å². The van der Waals surface area contributed by atoms with Crippen molar-refractivity contribution in [2.24, 2.45) is 0 Å². The highest BCUT2D eigenvalue weighted by Gasteiger charge is 2.14. The van der Waals surface area contributed by atoms with Crippen LogP contribution in [-0.2, 0) is 0 Å². The van der Waals surface area contributed by atoms with Crippen molar-refractivity contribution in [3.05, 3.63) is 53.6 Å². The molecule has 0 bridgehead atoms. The maximum atomic E-state index is 12.4. The van der Waals surface area contributed by atoms with Gasteiger partial charge in [0.1, 0.15) is 17.2 Å². The Labute approximate surface area is 142 Å². The van der Waals surface area contributed by atoms with Crippen molar-refractivity contribution in [2.45, 2.75) is 39.0 Å². The molecule has 4 heteroatoms. The van der Waals surface area contributed by atoms with Crippen LogP contribution in [0.4, 0.5) is 0 Å². The van der Waals surface area contributed by atoms with Gasteiger partial charge in [-0.2, -0.15) is 0 Å². The van der Waals surface area contributed by atoms with E-state index in [1.807, 2.05) is 0 Å². The Morgan fingerprint density at radius 3 is 2.33 bits per heavy atom. The predicted molar refractivity (Wildman–Crippen MR) is 93.9 cm³/mol. The second-order valence-electron chi connectivity index (χ2n) is 5.82. The van der Waals surface area contributed by atoms with Gasteiger partial charge in [0, 0.05) is 11.6 Å². The SMILES string of the molecule is CCCCCCCOc1ccc(C(=O)c2ccc(O)cc2O)cc1. The summed E-state index contributed by atoms with van der Waals surface area (Å²) in [5.74, 6) is 0.134. The summed E-state index contributed by atoms with van der Waals surface area (Å²) in [7, 11) is 0. The van der Waals surface area contributed by atoms with Crippen LogP contribution >= 0.6 is 0 Å². The van der Waals surface area contributed by atoms with E-state index in [2.05, 4.69) is 6.92 Å². The van der Waals surface area contributed by atoms with Gasteiger partial charge in [-0.25, -0.2) is 0 Å². The lowest BCUT2D eigenvalue weighted by Crippen LogP contribution is -2.02. The molecule has 0 radical (unpaired) electrons. The molecule has 0 aliphatic heterocycles. The van der Waals surface area contributed by atoms with E-state index < -0.39 is 0 Å². The molecular formula is C20H24O4. The van der Waals surface area contributed by atoms with Crippen LogP contribution in [0, 0.1) is 0 Å². The third-order valence-corrected chi connectivity index (χ3v) is 3.86. The number of benzene rings is 2. The van der Waals surface area contributed by atoms with Gasteiger partial charge < -0.3 is 14.9 Å². The normalized spacial score (nSPS) is 10.5. The van der Waals surface area contributed by atoms with Gasteiger partial charge in [-0.05, 0) is 42.8 Å². The summed E-state index contributed by atoms with van der Waals surface area (Å²) in [6, 6.07) is 10.8. The molecule has 0 spiro atoms. The lowest BCUT2D eigenvalue weighted by molar-refractivity contribution is 0.103. The molecule has 0 aromatic heterocycles. The molecule has 4 nitrogen and oxygen atoms in total. The minimum Gasteiger partial charge on any atom is -0.508 e. The van der Waals surface area contributed by atoms with E-state index in [0.717, 1.165) is 18.2 Å². The van der Waals surface area contributed by atoms with Crippen LogP contribution in [0.2, 0.25) is 0 Å². The van der Waals surface area contributed by atoms with Gasteiger partial charge in [-0.15, -0.1) is 0 Å². The summed E-state index contributed by atoms with van der Waals surface area (Å²) in [6.45, 7) is 2.87. The molecule has 0 unspecified atom stereocenters. The number of ether oxygens (including phenoxy) is 1. The Balaban J connectivity index is 1.90. The molecular weight excluding hydrogens is 304 g/mol. The maximum absolute atomic E-state index is 12.4. The van der Waals surface area contributed by atoms with E-state index in [4.69, 9.17) is 4.74 Å². The Morgan fingerprint density at radius 2 is 1.67 bits per heavy atom.